The van der Waals surface area contributed by atoms with Crippen molar-refractivity contribution >= 4 is 23.0 Å². The highest BCUT2D eigenvalue weighted by atomic mass is 16.4. The molecule has 0 bridgehead atoms. The lowest BCUT2D eigenvalue weighted by atomic mass is 10.2. The monoisotopic (exact) mass is 238 g/mol. The topological polar surface area (TPSA) is 55.1 Å². The number of carbonyl (C=O) groups excluding carboxylic acids is 1. The lowest BCUT2D eigenvalue weighted by Gasteiger charge is -1.99. The van der Waals surface area contributed by atoms with Gasteiger partial charge in [-0.15, -0.1) is 0 Å². The maximum absolute atomic E-state index is 11.9. The van der Waals surface area contributed by atoms with Crippen LogP contribution in [0.4, 0.5) is 6.01 Å². The van der Waals surface area contributed by atoms with E-state index in [9.17, 15) is 4.79 Å². The molecule has 1 aromatic heterocycles. The number of para-hydroxylation sites is 2. The largest absolute Gasteiger partial charge is 0.423 e. The minimum atomic E-state index is -0.234. The number of oxazole rings is 1. The average molecular weight is 238 g/mol. The van der Waals surface area contributed by atoms with Gasteiger partial charge in [0.05, 0.1) is 0 Å². The average Bonchev–Trinajstić information content (AvgIpc) is 2.82. The molecular formula is C14H10N2O2. The number of nitrogens with one attached hydrogen (secondary N) is 1. The molecule has 88 valence electrons. The quantitative estimate of drug-likeness (QED) is 0.746. The summed E-state index contributed by atoms with van der Waals surface area (Å²) in [7, 11) is 0. The van der Waals surface area contributed by atoms with Gasteiger partial charge in [-0.1, -0.05) is 30.3 Å². The Hall–Kier alpha value is -2.62. The van der Waals surface area contributed by atoms with E-state index in [2.05, 4.69) is 10.3 Å². The molecule has 0 saturated carbocycles. The first-order valence-electron chi connectivity index (χ1n) is 5.55. The fourth-order valence-electron chi connectivity index (χ4n) is 1.68. The fraction of sp³-hybridized carbons (Fsp3) is 0. The van der Waals surface area contributed by atoms with E-state index < -0.39 is 0 Å². The van der Waals surface area contributed by atoms with E-state index in [1.54, 1.807) is 30.3 Å². The van der Waals surface area contributed by atoms with Gasteiger partial charge in [-0.2, -0.15) is 4.98 Å². The van der Waals surface area contributed by atoms with Crippen molar-refractivity contribution in [3.05, 3.63) is 60.2 Å². The molecule has 3 aromatic rings. The van der Waals surface area contributed by atoms with Crippen LogP contribution in [0.15, 0.2) is 59.0 Å². The molecule has 4 nitrogen and oxygen atoms in total. The molecule has 4 heteroatoms. The van der Waals surface area contributed by atoms with E-state index >= 15 is 0 Å². The highest BCUT2D eigenvalue weighted by Crippen LogP contribution is 2.18. The van der Waals surface area contributed by atoms with E-state index in [0.29, 0.717) is 11.1 Å². The van der Waals surface area contributed by atoms with Crippen molar-refractivity contribution in [3.63, 3.8) is 0 Å². The zero-order valence-electron chi connectivity index (χ0n) is 9.46. The zero-order chi connectivity index (χ0) is 12.4. The minimum Gasteiger partial charge on any atom is -0.423 e. The number of anilines is 1. The summed E-state index contributed by atoms with van der Waals surface area (Å²) in [4.78, 5) is 16.1. The van der Waals surface area contributed by atoms with Crippen LogP contribution in [-0.4, -0.2) is 10.9 Å². The zero-order valence-corrected chi connectivity index (χ0v) is 9.46. The lowest BCUT2D eigenvalue weighted by molar-refractivity contribution is 0.102. The Morgan fingerprint density at radius 3 is 2.50 bits per heavy atom. The van der Waals surface area contributed by atoms with Gasteiger partial charge >= 0.3 is 6.01 Å². The molecule has 1 heterocycles. The summed E-state index contributed by atoms with van der Waals surface area (Å²) in [5, 5.41) is 2.63. The summed E-state index contributed by atoms with van der Waals surface area (Å²) >= 11 is 0. The fourth-order valence-corrected chi connectivity index (χ4v) is 1.68. The molecule has 0 aliphatic carbocycles. The number of aromatic nitrogens is 1. The van der Waals surface area contributed by atoms with Gasteiger partial charge in [-0.3, -0.25) is 10.1 Å². The number of rotatable bonds is 2. The van der Waals surface area contributed by atoms with Crippen LogP contribution in [0, 0.1) is 0 Å². The molecule has 3 rings (SSSR count). The normalized spacial score (nSPS) is 10.4. The van der Waals surface area contributed by atoms with E-state index in [0.717, 1.165) is 5.52 Å². The molecule has 0 aliphatic heterocycles. The number of carbonyl (C=O) groups is 1. The molecule has 0 fully saturated rings. The molecule has 1 amide bonds. The second-order valence-electron chi connectivity index (χ2n) is 3.81. The number of hydrogen-bond donors (Lipinski definition) is 1. The Bertz CT molecular complexity index is 656. The standard InChI is InChI=1S/C14H10N2O2/c17-13(10-6-2-1-3-7-10)16-14-15-11-8-4-5-9-12(11)18-14/h1-9H,(H,15,16,17). The van der Waals surface area contributed by atoms with Crippen LogP contribution in [0.5, 0.6) is 0 Å². The number of nitrogens with zero attached hydrogens (tertiary/aromatic N) is 1. The number of benzene rings is 2. The SMILES string of the molecule is O=C(Nc1nc2ccccc2o1)c1ccccc1. The molecule has 0 radical (unpaired) electrons. The predicted octanol–water partition coefficient (Wildman–Crippen LogP) is 3.08. The van der Waals surface area contributed by atoms with Gasteiger partial charge < -0.3 is 4.42 Å². The van der Waals surface area contributed by atoms with E-state index in [-0.39, 0.29) is 11.9 Å². The van der Waals surface area contributed by atoms with Crippen LogP contribution in [0.25, 0.3) is 11.1 Å². The van der Waals surface area contributed by atoms with Gasteiger partial charge in [-0.25, -0.2) is 0 Å². The Morgan fingerprint density at radius 1 is 1.00 bits per heavy atom. The summed E-state index contributed by atoms with van der Waals surface area (Å²) < 4.78 is 5.42. The van der Waals surface area contributed by atoms with Crippen molar-refractivity contribution < 1.29 is 9.21 Å². The molecule has 1 N–H and O–H groups in total. The van der Waals surface area contributed by atoms with Gasteiger partial charge in [-0.05, 0) is 24.3 Å². The third kappa shape index (κ3) is 1.96. The summed E-state index contributed by atoms with van der Waals surface area (Å²) in [5.41, 5.74) is 1.95. The van der Waals surface area contributed by atoms with Crippen LogP contribution in [0.2, 0.25) is 0 Å². The molecular weight excluding hydrogens is 228 g/mol. The van der Waals surface area contributed by atoms with E-state index in [1.807, 2.05) is 24.3 Å². The summed E-state index contributed by atoms with van der Waals surface area (Å²) in [6, 6.07) is 16.5. The Balaban J connectivity index is 1.86. The third-order valence-electron chi connectivity index (χ3n) is 2.55. The van der Waals surface area contributed by atoms with Crippen molar-refractivity contribution in [1.82, 2.24) is 4.98 Å². The Kier molecular flexibility index (Phi) is 2.53. The minimum absolute atomic E-state index is 0.213. The number of amides is 1. The van der Waals surface area contributed by atoms with Crippen molar-refractivity contribution in [2.24, 2.45) is 0 Å². The number of hydrogen-bond acceptors (Lipinski definition) is 3. The predicted molar refractivity (Wildman–Crippen MR) is 68.4 cm³/mol. The second kappa shape index (κ2) is 4.33. The van der Waals surface area contributed by atoms with Crippen molar-refractivity contribution in [2.45, 2.75) is 0 Å². The molecule has 0 spiro atoms. The second-order valence-corrected chi connectivity index (χ2v) is 3.81. The summed E-state index contributed by atoms with van der Waals surface area (Å²) in [6.07, 6.45) is 0. The van der Waals surface area contributed by atoms with Gasteiger partial charge in [0.15, 0.2) is 5.58 Å². The van der Waals surface area contributed by atoms with Crippen molar-refractivity contribution in [2.75, 3.05) is 5.32 Å². The Morgan fingerprint density at radius 2 is 1.72 bits per heavy atom. The van der Waals surface area contributed by atoms with Crippen molar-refractivity contribution in [3.8, 4) is 0 Å². The first-order chi connectivity index (χ1) is 8.83. The maximum atomic E-state index is 11.9. The molecule has 0 atom stereocenters. The summed E-state index contributed by atoms with van der Waals surface area (Å²) in [6.45, 7) is 0. The number of fused-ring (bicyclic) bond motifs is 1. The van der Waals surface area contributed by atoms with Gasteiger partial charge in [0, 0.05) is 5.56 Å². The van der Waals surface area contributed by atoms with Gasteiger partial charge in [0.25, 0.3) is 5.91 Å². The molecule has 2 aromatic carbocycles. The molecule has 18 heavy (non-hydrogen) atoms. The van der Waals surface area contributed by atoms with Crippen LogP contribution >= 0.6 is 0 Å². The smallest absolute Gasteiger partial charge is 0.302 e. The highest BCUT2D eigenvalue weighted by molar-refractivity contribution is 6.03. The summed E-state index contributed by atoms with van der Waals surface area (Å²) in [5.74, 6) is -0.234. The van der Waals surface area contributed by atoms with Crippen molar-refractivity contribution in [1.29, 1.82) is 0 Å². The van der Waals surface area contributed by atoms with Gasteiger partial charge in [0.2, 0.25) is 0 Å². The molecule has 0 saturated heterocycles. The highest BCUT2D eigenvalue weighted by Gasteiger charge is 2.10. The molecule has 0 aliphatic rings. The van der Waals surface area contributed by atoms with E-state index in [1.165, 1.54) is 0 Å². The maximum Gasteiger partial charge on any atom is 0.302 e. The lowest BCUT2D eigenvalue weighted by Crippen LogP contribution is -2.11. The van der Waals surface area contributed by atoms with Crippen LogP contribution in [-0.2, 0) is 0 Å². The van der Waals surface area contributed by atoms with E-state index in [4.69, 9.17) is 4.42 Å². The van der Waals surface area contributed by atoms with Gasteiger partial charge in [0.1, 0.15) is 5.52 Å². The van der Waals surface area contributed by atoms with Crippen LogP contribution in [0.3, 0.4) is 0 Å². The van der Waals surface area contributed by atoms with Crippen LogP contribution in [0.1, 0.15) is 10.4 Å². The first-order valence-corrected chi connectivity index (χ1v) is 5.55. The Labute approximate surface area is 103 Å². The van der Waals surface area contributed by atoms with Crippen LogP contribution < -0.4 is 5.32 Å². The first kappa shape index (κ1) is 10.5. The third-order valence-corrected chi connectivity index (χ3v) is 2.55. The molecule has 0 unspecified atom stereocenters.